The van der Waals surface area contributed by atoms with E-state index in [2.05, 4.69) is 29.6 Å². The number of hydrogen-bond acceptors (Lipinski definition) is 4. The van der Waals surface area contributed by atoms with Crippen molar-refractivity contribution >= 4 is 10.4 Å². The molecule has 0 atom stereocenters. The van der Waals surface area contributed by atoms with Crippen LogP contribution in [0, 0.1) is 0 Å². The van der Waals surface area contributed by atoms with Crippen LogP contribution in [0.3, 0.4) is 0 Å². The number of rotatable bonds is 8. The summed E-state index contributed by atoms with van der Waals surface area (Å²) in [5.41, 5.74) is 0. The molecule has 0 aromatic heterocycles. The minimum atomic E-state index is -4.16. The predicted octanol–water partition coefficient (Wildman–Crippen LogP) is 1.94. The summed E-state index contributed by atoms with van der Waals surface area (Å²) in [4.78, 5) is 0. The monoisotopic (exact) mass is 265 g/mol. The zero-order valence-electron chi connectivity index (χ0n) is 10.6. The molecule has 0 aromatic carbocycles. The van der Waals surface area contributed by atoms with Crippen LogP contribution in [0.25, 0.3) is 0 Å². The lowest BCUT2D eigenvalue weighted by Crippen LogP contribution is -2.28. The predicted molar refractivity (Wildman–Crippen MR) is 70.3 cm³/mol. The van der Waals surface area contributed by atoms with Gasteiger partial charge in [-0.1, -0.05) is 19.1 Å². The molecule has 6 heteroatoms. The summed E-state index contributed by atoms with van der Waals surface area (Å²) >= 11 is 0. The molecule has 0 aliphatic carbocycles. The molecule has 0 spiro atoms. The van der Waals surface area contributed by atoms with Crippen molar-refractivity contribution < 1.29 is 17.2 Å². The van der Waals surface area contributed by atoms with Gasteiger partial charge in [-0.15, -0.1) is 13.2 Å². The van der Waals surface area contributed by atoms with Crippen molar-refractivity contribution in [1.82, 2.24) is 5.32 Å². The third-order valence-corrected chi connectivity index (χ3v) is 2.22. The highest BCUT2D eigenvalue weighted by Gasteiger charge is 2.00. The molecule has 0 saturated carbocycles. The fourth-order valence-electron chi connectivity index (χ4n) is 1.01. The average molecular weight is 265 g/mol. The molecular weight excluding hydrogens is 242 g/mol. The van der Waals surface area contributed by atoms with Crippen LogP contribution in [0.15, 0.2) is 25.3 Å². The van der Waals surface area contributed by atoms with Crippen LogP contribution in [0.5, 0.6) is 0 Å². The molecule has 102 valence electrons. The molecule has 0 aromatic rings. The van der Waals surface area contributed by atoms with Gasteiger partial charge in [-0.05, 0) is 25.8 Å². The Bertz CT molecular complexity index is 278. The van der Waals surface area contributed by atoms with Crippen molar-refractivity contribution in [1.29, 1.82) is 0 Å². The van der Waals surface area contributed by atoms with Crippen molar-refractivity contribution in [2.24, 2.45) is 0 Å². The Labute approximate surface area is 105 Å². The van der Waals surface area contributed by atoms with E-state index < -0.39 is 10.4 Å². The van der Waals surface area contributed by atoms with Gasteiger partial charge in [-0.25, -0.2) is 0 Å². The van der Waals surface area contributed by atoms with Gasteiger partial charge in [-0.3, -0.25) is 8.74 Å². The van der Waals surface area contributed by atoms with E-state index in [1.165, 1.54) is 6.42 Å². The highest BCUT2D eigenvalue weighted by Crippen LogP contribution is 1.99. The molecule has 5 nitrogen and oxygen atoms in total. The topological polar surface area (TPSA) is 75.6 Å². The first-order chi connectivity index (χ1) is 7.91. The van der Waals surface area contributed by atoms with Crippen LogP contribution in [0.1, 0.15) is 26.2 Å². The molecule has 0 radical (unpaired) electrons. The zero-order chi connectivity index (χ0) is 13.7. The highest BCUT2D eigenvalue weighted by atomic mass is 32.3. The Morgan fingerprint density at radius 3 is 2.00 bits per heavy atom. The van der Waals surface area contributed by atoms with Gasteiger partial charge in [0.2, 0.25) is 0 Å². The average Bonchev–Trinajstić information content (AvgIpc) is 2.26. The van der Waals surface area contributed by atoms with Crippen LogP contribution >= 0.6 is 0 Å². The lowest BCUT2D eigenvalue weighted by atomic mass is 10.1. The highest BCUT2D eigenvalue weighted by molar-refractivity contribution is 7.80. The summed E-state index contributed by atoms with van der Waals surface area (Å²) in [5.74, 6) is 0. The minimum absolute atomic E-state index is 0.546. The van der Waals surface area contributed by atoms with Gasteiger partial charge in [-0.2, -0.15) is 8.42 Å². The largest absolute Gasteiger partial charge is 0.397 e. The number of hydrogen-bond donors (Lipinski definition) is 2. The van der Waals surface area contributed by atoms with Crippen molar-refractivity contribution in [3.05, 3.63) is 25.3 Å². The summed E-state index contributed by atoms with van der Waals surface area (Å²) in [6.45, 7) is 10.7. The van der Waals surface area contributed by atoms with Gasteiger partial charge >= 0.3 is 10.4 Å². The standard InChI is InChI=1S/C10H19N.CH4O4S/c1-4-7-10(8-5-2)11-9-6-3;1-5-6(2,3)4/h4-5,10-11H,1-2,6-9H2,3H3;1H3,(H,2,3,4). The minimum Gasteiger partial charge on any atom is -0.313 e. The summed E-state index contributed by atoms with van der Waals surface area (Å²) in [6, 6.07) is 0.546. The first-order valence-corrected chi connectivity index (χ1v) is 6.75. The molecule has 0 fully saturated rings. The van der Waals surface area contributed by atoms with E-state index in [1.807, 2.05) is 12.2 Å². The smallest absolute Gasteiger partial charge is 0.313 e. The normalized spacial score (nSPS) is 10.6. The van der Waals surface area contributed by atoms with E-state index in [0.717, 1.165) is 26.5 Å². The van der Waals surface area contributed by atoms with Crippen molar-refractivity contribution in [3.8, 4) is 0 Å². The Morgan fingerprint density at radius 1 is 1.35 bits per heavy atom. The molecule has 0 bridgehead atoms. The Hall–Kier alpha value is -0.690. The molecule has 0 heterocycles. The summed E-state index contributed by atoms with van der Waals surface area (Å²) in [5, 5.41) is 3.43. The molecular formula is C11H23NO4S. The quantitative estimate of drug-likeness (QED) is 0.518. The first-order valence-electron chi connectivity index (χ1n) is 5.39. The first kappa shape index (κ1) is 18.7. The Kier molecular flexibility index (Phi) is 12.9. The van der Waals surface area contributed by atoms with Crippen LogP contribution in [0.4, 0.5) is 0 Å². The maximum atomic E-state index is 9.33. The zero-order valence-corrected chi connectivity index (χ0v) is 11.4. The fourth-order valence-corrected chi connectivity index (χ4v) is 1.01. The lowest BCUT2D eigenvalue weighted by molar-refractivity contribution is 0.324. The molecule has 0 aliphatic rings. The van der Waals surface area contributed by atoms with Gasteiger partial charge in [0.1, 0.15) is 0 Å². The van der Waals surface area contributed by atoms with Gasteiger partial charge < -0.3 is 5.32 Å². The second-order valence-corrected chi connectivity index (χ2v) is 4.48. The summed E-state index contributed by atoms with van der Waals surface area (Å²) < 4.78 is 29.7. The van der Waals surface area contributed by atoms with Crippen molar-refractivity contribution in [3.63, 3.8) is 0 Å². The SMILES string of the molecule is C=CCC(CC=C)NCCC.COS(=O)(=O)O. The van der Waals surface area contributed by atoms with E-state index in [0.29, 0.717) is 6.04 Å². The van der Waals surface area contributed by atoms with Crippen LogP contribution < -0.4 is 5.32 Å². The second-order valence-electron chi connectivity index (χ2n) is 3.29. The maximum absolute atomic E-state index is 9.33. The van der Waals surface area contributed by atoms with E-state index >= 15 is 0 Å². The Morgan fingerprint density at radius 2 is 1.76 bits per heavy atom. The molecule has 0 amide bonds. The van der Waals surface area contributed by atoms with E-state index in [4.69, 9.17) is 4.55 Å². The molecule has 0 unspecified atom stereocenters. The fraction of sp³-hybridized carbons (Fsp3) is 0.636. The van der Waals surface area contributed by atoms with Crippen molar-refractivity contribution in [2.75, 3.05) is 13.7 Å². The lowest BCUT2D eigenvalue weighted by Gasteiger charge is -2.13. The molecule has 17 heavy (non-hydrogen) atoms. The van der Waals surface area contributed by atoms with Gasteiger partial charge in [0.15, 0.2) is 0 Å². The summed E-state index contributed by atoms with van der Waals surface area (Å²) in [6.07, 6.45) is 7.16. The molecule has 0 saturated heterocycles. The maximum Gasteiger partial charge on any atom is 0.397 e. The van der Waals surface area contributed by atoms with Crippen LogP contribution in [0.2, 0.25) is 0 Å². The second kappa shape index (κ2) is 11.8. The summed E-state index contributed by atoms with van der Waals surface area (Å²) in [7, 11) is -3.29. The number of nitrogens with one attached hydrogen (secondary N) is 1. The van der Waals surface area contributed by atoms with Gasteiger partial charge in [0, 0.05) is 6.04 Å². The van der Waals surface area contributed by atoms with E-state index in [-0.39, 0.29) is 0 Å². The van der Waals surface area contributed by atoms with Crippen LogP contribution in [-0.4, -0.2) is 32.7 Å². The van der Waals surface area contributed by atoms with E-state index in [9.17, 15) is 8.42 Å². The van der Waals surface area contributed by atoms with Crippen LogP contribution in [-0.2, 0) is 14.6 Å². The third kappa shape index (κ3) is 17.9. The molecule has 0 rings (SSSR count). The van der Waals surface area contributed by atoms with Gasteiger partial charge in [0.05, 0.1) is 7.11 Å². The van der Waals surface area contributed by atoms with Crippen molar-refractivity contribution in [2.45, 2.75) is 32.2 Å². The van der Waals surface area contributed by atoms with Gasteiger partial charge in [0.25, 0.3) is 0 Å². The molecule has 2 N–H and O–H groups in total. The van der Waals surface area contributed by atoms with E-state index in [1.54, 1.807) is 0 Å². The third-order valence-electron chi connectivity index (χ3n) is 1.80. The Balaban J connectivity index is 0. The molecule has 0 aliphatic heterocycles.